The second kappa shape index (κ2) is 7.72. The summed E-state index contributed by atoms with van der Waals surface area (Å²) >= 11 is 1.67. The van der Waals surface area contributed by atoms with E-state index in [4.69, 9.17) is 4.74 Å². The first-order valence-electron chi connectivity index (χ1n) is 9.03. The second-order valence-electron chi connectivity index (χ2n) is 6.82. The third-order valence-electron chi connectivity index (χ3n) is 4.75. The predicted octanol–water partition coefficient (Wildman–Crippen LogP) is 3.33. The van der Waals surface area contributed by atoms with Crippen molar-refractivity contribution in [1.82, 2.24) is 14.9 Å². The van der Waals surface area contributed by atoms with Crippen molar-refractivity contribution in [2.75, 3.05) is 31.6 Å². The van der Waals surface area contributed by atoms with E-state index in [9.17, 15) is 4.79 Å². The molecule has 4 rings (SSSR count). The van der Waals surface area contributed by atoms with E-state index in [-0.39, 0.29) is 11.9 Å². The van der Waals surface area contributed by atoms with Crippen molar-refractivity contribution in [3.63, 3.8) is 0 Å². The van der Waals surface area contributed by atoms with Crippen molar-refractivity contribution in [2.45, 2.75) is 19.9 Å². The first kappa shape index (κ1) is 18.0. The lowest BCUT2D eigenvalue weighted by atomic mass is 10.1. The van der Waals surface area contributed by atoms with Gasteiger partial charge < -0.3 is 10.1 Å². The van der Waals surface area contributed by atoms with Gasteiger partial charge in [-0.05, 0) is 36.9 Å². The molecular weight excluding hydrogens is 360 g/mol. The quantitative estimate of drug-likeness (QED) is 0.750. The monoisotopic (exact) mass is 382 g/mol. The number of pyridine rings is 1. The van der Waals surface area contributed by atoms with Crippen LogP contribution < -0.4 is 5.32 Å². The Labute approximate surface area is 162 Å². The Bertz CT molecular complexity index is 972. The van der Waals surface area contributed by atoms with Crippen LogP contribution in [0.4, 0.5) is 5.82 Å². The van der Waals surface area contributed by atoms with Crippen molar-refractivity contribution in [2.24, 2.45) is 0 Å². The van der Waals surface area contributed by atoms with Gasteiger partial charge in [0.05, 0.1) is 29.6 Å². The molecule has 3 heterocycles. The normalized spacial score (nSPS) is 17.9. The van der Waals surface area contributed by atoms with Gasteiger partial charge in [-0.1, -0.05) is 12.1 Å². The molecule has 0 bridgehead atoms. The van der Waals surface area contributed by atoms with Crippen LogP contribution in [0.2, 0.25) is 0 Å². The lowest BCUT2D eigenvalue weighted by Crippen LogP contribution is -2.47. The van der Waals surface area contributed by atoms with Crippen molar-refractivity contribution >= 4 is 33.8 Å². The number of nitrogens with zero attached hydrogens (tertiary/aromatic N) is 3. The zero-order valence-corrected chi connectivity index (χ0v) is 16.3. The molecule has 140 valence electrons. The summed E-state index contributed by atoms with van der Waals surface area (Å²) in [5.41, 5.74) is 1.12. The van der Waals surface area contributed by atoms with Gasteiger partial charge in [0.2, 0.25) is 5.91 Å². The Morgan fingerprint density at radius 3 is 2.96 bits per heavy atom. The van der Waals surface area contributed by atoms with Gasteiger partial charge in [-0.2, -0.15) is 0 Å². The zero-order valence-electron chi connectivity index (χ0n) is 15.4. The van der Waals surface area contributed by atoms with Gasteiger partial charge in [0, 0.05) is 30.4 Å². The van der Waals surface area contributed by atoms with Gasteiger partial charge in [0.15, 0.2) is 0 Å². The van der Waals surface area contributed by atoms with E-state index in [0.29, 0.717) is 25.6 Å². The van der Waals surface area contributed by atoms with E-state index < -0.39 is 0 Å². The summed E-state index contributed by atoms with van der Waals surface area (Å²) < 4.78 is 5.42. The number of hydrogen-bond acceptors (Lipinski definition) is 6. The number of anilines is 1. The van der Waals surface area contributed by atoms with Crippen LogP contribution >= 0.6 is 11.3 Å². The SMILES string of the molecule is Cc1ncc(-c2ccc3cnc(NC(=O)CN4CCOCC4C)cc3c2)s1. The molecule has 1 atom stereocenters. The molecule has 1 aromatic carbocycles. The number of ether oxygens (including phenoxy) is 1. The minimum atomic E-state index is -0.0511. The number of aryl methyl sites for hydroxylation is 1. The van der Waals surface area contributed by atoms with Gasteiger partial charge in [0.25, 0.3) is 0 Å². The maximum Gasteiger partial charge on any atom is 0.239 e. The average Bonchev–Trinajstić information content (AvgIpc) is 3.09. The van der Waals surface area contributed by atoms with Crippen LogP contribution in [0.5, 0.6) is 0 Å². The highest BCUT2D eigenvalue weighted by Crippen LogP contribution is 2.29. The number of nitrogens with one attached hydrogen (secondary N) is 1. The van der Waals surface area contributed by atoms with E-state index in [1.807, 2.05) is 25.3 Å². The summed E-state index contributed by atoms with van der Waals surface area (Å²) in [7, 11) is 0. The van der Waals surface area contributed by atoms with Crippen molar-refractivity contribution in [1.29, 1.82) is 0 Å². The number of rotatable bonds is 4. The van der Waals surface area contributed by atoms with Gasteiger partial charge >= 0.3 is 0 Å². The Morgan fingerprint density at radius 1 is 1.30 bits per heavy atom. The maximum absolute atomic E-state index is 12.4. The highest BCUT2D eigenvalue weighted by molar-refractivity contribution is 7.15. The molecular formula is C20H22N4O2S. The highest BCUT2D eigenvalue weighted by Gasteiger charge is 2.21. The topological polar surface area (TPSA) is 67.4 Å². The lowest BCUT2D eigenvalue weighted by molar-refractivity contribution is -0.119. The van der Waals surface area contributed by atoms with Crippen LogP contribution in [0.3, 0.4) is 0 Å². The smallest absolute Gasteiger partial charge is 0.239 e. The highest BCUT2D eigenvalue weighted by atomic mass is 32.1. The number of carbonyl (C=O) groups is 1. The summed E-state index contributed by atoms with van der Waals surface area (Å²) in [6, 6.07) is 8.42. The number of fused-ring (bicyclic) bond motifs is 1. The van der Waals surface area contributed by atoms with Gasteiger partial charge in [0.1, 0.15) is 5.82 Å². The molecule has 1 unspecified atom stereocenters. The second-order valence-corrected chi connectivity index (χ2v) is 8.05. The Kier molecular flexibility index (Phi) is 5.15. The van der Waals surface area contributed by atoms with Crippen LogP contribution in [0.15, 0.2) is 36.7 Å². The molecule has 1 N–H and O–H groups in total. The summed E-state index contributed by atoms with van der Waals surface area (Å²) in [6.07, 6.45) is 3.69. The van der Waals surface area contributed by atoms with Crippen LogP contribution in [0.25, 0.3) is 21.2 Å². The van der Waals surface area contributed by atoms with E-state index in [2.05, 4.69) is 39.2 Å². The molecule has 0 saturated carbocycles. The molecule has 7 heteroatoms. The third-order valence-corrected chi connectivity index (χ3v) is 5.71. The molecule has 1 saturated heterocycles. The lowest BCUT2D eigenvalue weighted by Gasteiger charge is -2.32. The molecule has 0 radical (unpaired) electrons. The molecule has 3 aromatic rings. The van der Waals surface area contributed by atoms with E-state index in [0.717, 1.165) is 32.8 Å². The Balaban J connectivity index is 1.51. The van der Waals surface area contributed by atoms with Crippen molar-refractivity contribution < 1.29 is 9.53 Å². The van der Waals surface area contributed by atoms with Crippen molar-refractivity contribution in [3.8, 4) is 10.4 Å². The molecule has 0 aliphatic carbocycles. The Hall–Kier alpha value is -2.35. The van der Waals surface area contributed by atoms with E-state index in [1.165, 1.54) is 0 Å². The number of benzene rings is 1. The van der Waals surface area contributed by atoms with Crippen molar-refractivity contribution in [3.05, 3.63) is 41.7 Å². The van der Waals surface area contributed by atoms with Crippen LogP contribution in [0, 0.1) is 6.92 Å². The largest absolute Gasteiger partial charge is 0.379 e. The standard InChI is InChI=1S/C20H22N4O2S/c1-13-12-26-6-5-24(13)11-20(25)23-19-8-17-7-15(3-4-16(17)9-22-19)18-10-21-14(2)27-18/h3-4,7-10,13H,5-6,11-12H2,1-2H3,(H,22,23,25). The van der Waals surface area contributed by atoms with Gasteiger partial charge in [-0.25, -0.2) is 9.97 Å². The summed E-state index contributed by atoms with van der Waals surface area (Å²) in [4.78, 5) is 24.4. The number of amides is 1. The number of aromatic nitrogens is 2. The van der Waals surface area contributed by atoms with Gasteiger partial charge in [-0.3, -0.25) is 9.69 Å². The van der Waals surface area contributed by atoms with E-state index in [1.54, 1.807) is 17.5 Å². The van der Waals surface area contributed by atoms with Crippen LogP contribution in [0.1, 0.15) is 11.9 Å². The minimum Gasteiger partial charge on any atom is -0.379 e. The predicted molar refractivity (Wildman–Crippen MR) is 108 cm³/mol. The molecule has 2 aromatic heterocycles. The summed E-state index contributed by atoms with van der Waals surface area (Å²) in [5, 5.41) is 6.06. The molecule has 1 aliphatic heterocycles. The fourth-order valence-corrected chi connectivity index (χ4v) is 3.99. The fourth-order valence-electron chi connectivity index (χ4n) is 3.22. The molecule has 0 spiro atoms. The average molecular weight is 382 g/mol. The number of thiazole rings is 1. The molecule has 1 aliphatic rings. The first-order chi connectivity index (χ1) is 13.1. The maximum atomic E-state index is 12.4. The Morgan fingerprint density at radius 2 is 2.19 bits per heavy atom. The first-order valence-corrected chi connectivity index (χ1v) is 9.84. The molecule has 1 amide bonds. The minimum absolute atomic E-state index is 0.0511. The summed E-state index contributed by atoms with van der Waals surface area (Å²) in [6.45, 7) is 6.54. The molecule has 27 heavy (non-hydrogen) atoms. The number of carbonyl (C=O) groups excluding carboxylic acids is 1. The van der Waals surface area contributed by atoms with Crippen LogP contribution in [-0.4, -0.2) is 53.1 Å². The number of hydrogen-bond donors (Lipinski definition) is 1. The molecule has 1 fully saturated rings. The zero-order chi connectivity index (χ0) is 18.8. The molecule has 6 nitrogen and oxygen atoms in total. The van der Waals surface area contributed by atoms with E-state index >= 15 is 0 Å². The third kappa shape index (κ3) is 4.16. The van der Waals surface area contributed by atoms with Gasteiger partial charge in [-0.15, -0.1) is 11.3 Å². The van der Waals surface area contributed by atoms with Crippen LogP contribution in [-0.2, 0) is 9.53 Å². The fraction of sp³-hybridized carbons (Fsp3) is 0.350. The number of morpholine rings is 1. The summed E-state index contributed by atoms with van der Waals surface area (Å²) in [5.74, 6) is 0.524.